The van der Waals surface area contributed by atoms with Gasteiger partial charge in [-0.15, -0.1) is 0 Å². The summed E-state index contributed by atoms with van der Waals surface area (Å²) in [6.07, 6.45) is 0. The van der Waals surface area contributed by atoms with Crippen LogP contribution in [0.3, 0.4) is 0 Å². The molecule has 1 amide bonds. The molecule has 24 heavy (non-hydrogen) atoms. The third-order valence-electron chi connectivity index (χ3n) is 3.44. The lowest BCUT2D eigenvalue weighted by molar-refractivity contribution is 0.0827. The summed E-state index contributed by atoms with van der Waals surface area (Å²) in [7, 11) is -0.522. The van der Waals surface area contributed by atoms with E-state index in [1.54, 1.807) is 20.2 Å². The lowest BCUT2D eigenvalue weighted by atomic mass is 10.2. The molecule has 0 saturated carbocycles. The fourth-order valence-corrected chi connectivity index (χ4v) is 3.19. The second kappa shape index (κ2) is 5.97. The van der Waals surface area contributed by atoms with Gasteiger partial charge in [-0.25, -0.2) is 18.1 Å². The van der Waals surface area contributed by atoms with Crippen molar-refractivity contribution in [3.8, 4) is 0 Å². The third kappa shape index (κ3) is 3.09. The van der Waals surface area contributed by atoms with Gasteiger partial charge in [0.05, 0.1) is 15.9 Å². The highest BCUT2D eigenvalue weighted by Gasteiger charge is 2.17. The molecule has 0 aliphatic heterocycles. The minimum absolute atomic E-state index is 0.0539. The van der Waals surface area contributed by atoms with Crippen LogP contribution in [0.15, 0.2) is 53.4 Å². The number of H-pyrrole nitrogens is 1. The summed E-state index contributed by atoms with van der Waals surface area (Å²) >= 11 is 0. The Morgan fingerprint density at radius 3 is 2.38 bits per heavy atom. The molecule has 7 nitrogen and oxygen atoms in total. The van der Waals surface area contributed by atoms with Gasteiger partial charge in [-0.1, -0.05) is 12.1 Å². The first-order chi connectivity index (χ1) is 11.4. The van der Waals surface area contributed by atoms with Crippen molar-refractivity contribution in [3.63, 3.8) is 0 Å². The van der Waals surface area contributed by atoms with Crippen molar-refractivity contribution >= 4 is 32.9 Å². The van der Waals surface area contributed by atoms with E-state index in [0.717, 1.165) is 5.52 Å². The molecular formula is C16H16N4O3S. The van der Waals surface area contributed by atoms with Gasteiger partial charge < -0.3 is 9.88 Å². The second-order valence-electron chi connectivity index (χ2n) is 5.43. The molecule has 0 bridgehead atoms. The molecule has 3 aromatic rings. The summed E-state index contributed by atoms with van der Waals surface area (Å²) in [6, 6.07) is 13.0. The number of nitrogens with one attached hydrogen (secondary N) is 2. The fraction of sp³-hybridized carbons (Fsp3) is 0.125. The largest absolute Gasteiger partial charge is 0.345 e. The monoisotopic (exact) mass is 344 g/mol. The quantitative estimate of drug-likeness (QED) is 0.757. The molecule has 1 heterocycles. The van der Waals surface area contributed by atoms with Gasteiger partial charge in [0.2, 0.25) is 5.95 Å². The van der Waals surface area contributed by atoms with E-state index < -0.39 is 10.0 Å². The lowest BCUT2D eigenvalue weighted by Gasteiger charge is -2.10. The van der Waals surface area contributed by atoms with E-state index in [2.05, 4.69) is 14.7 Å². The number of imidazole rings is 1. The van der Waals surface area contributed by atoms with Gasteiger partial charge in [0.25, 0.3) is 15.9 Å². The fourth-order valence-electron chi connectivity index (χ4n) is 2.22. The number of aromatic nitrogens is 2. The maximum absolute atomic E-state index is 12.4. The molecule has 2 aromatic carbocycles. The smallest absolute Gasteiger partial charge is 0.264 e. The van der Waals surface area contributed by atoms with Crippen molar-refractivity contribution < 1.29 is 13.2 Å². The van der Waals surface area contributed by atoms with E-state index >= 15 is 0 Å². The lowest BCUT2D eigenvalue weighted by Crippen LogP contribution is -2.21. The van der Waals surface area contributed by atoms with E-state index in [4.69, 9.17) is 0 Å². The minimum Gasteiger partial charge on any atom is -0.345 e. The first-order valence-corrected chi connectivity index (χ1v) is 8.64. The topological polar surface area (TPSA) is 95.2 Å². The molecule has 0 unspecified atom stereocenters. The van der Waals surface area contributed by atoms with Crippen LogP contribution in [0.4, 0.5) is 5.95 Å². The Morgan fingerprint density at radius 2 is 1.75 bits per heavy atom. The van der Waals surface area contributed by atoms with Crippen molar-refractivity contribution in [2.24, 2.45) is 0 Å². The first-order valence-electron chi connectivity index (χ1n) is 7.16. The minimum atomic E-state index is -3.79. The second-order valence-corrected chi connectivity index (χ2v) is 7.11. The molecule has 124 valence electrons. The Bertz CT molecular complexity index is 959. The Balaban J connectivity index is 1.86. The van der Waals surface area contributed by atoms with Gasteiger partial charge in [0.1, 0.15) is 0 Å². The summed E-state index contributed by atoms with van der Waals surface area (Å²) in [4.78, 5) is 20.4. The van der Waals surface area contributed by atoms with E-state index in [1.165, 1.54) is 29.2 Å². The zero-order chi connectivity index (χ0) is 17.3. The Kier molecular flexibility index (Phi) is 3.98. The van der Waals surface area contributed by atoms with Gasteiger partial charge in [-0.3, -0.25) is 4.79 Å². The van der Waals surface area contributed by atoms with E-state index in [0.29, 0.717) is 11.1 Å². The normalized spacial score (nSPS) is 11.4. The summed E-state index contributed by atoms with van der Waals surface area (Å²) in [6.45, 7) is 0. The molecule has 0 fully saturated rings. The molecule has 8 heteroatoms. The number of para-hydroxylation sites is 2. The number of aromatic amines is 1. The summed E-state index contributed by atoms with van der Waals surface area (Å²) in [5.74, 6) is -0.0474. The average molecular weight is 344 g/mol. The Labute approximate surface area is 139 Å². The van der Waals surface area contributed by atoms with Gasteiger partial charge in [-0.2, -0.15) is 0 Å². The SMILES string of the molecule is CN(C)C(=O)c1ccc(S(=O)(=O)Nc2nc3ccccc3[nH]2)cc1. The first kappa shape index (κ1) is 16.0. The predicted octanol–water partition coefficient (Wildman–Crippen LogP) is 2.07. The molecule has 2 N–H and O–H groups in total. The van der Waals surface area contributed by atoms with Crippen molar-refractivity contribution in [2.45, 2.75) is 4.90 Å². The Morgan fingerprint density at radius 1 is 1.08 bits per heavy atom. The van der Waals surface area contributed by atoms with E-state index in [9.17, 15) is 13.2 Å². The van der Waals surface area contributed by atoms with Crippen LogP contribution in [0, 0.1) is 0 Å². The maximum atomic E-state index is 12.4. The van der Waals surface area contributed by atoms with Crippen LogP contribution in [0.5, 0.6) is 0 Å². The molecule has 0 aliphatic carbocycles. The van der Waals surface area contributed by atoms with Crippen molar-refractivity contribution in [3.05, 3.63) is 54.1 Å². The number of carbonyl (C=O) groups excluding carboxylic acids is 1. The molecule has 0 atom stereocenters. The van der Waals surface area contributed by atoms with Gasteiger partial charge in [-0.05, 0) is 36.4 Å². The highest BCUT2D eigenvalue weighted by Crippen LogP contribution is 2.18. The number of carbonyl (C=O) groups is 1. The molecular weight excluding hydrogens is 328 g/mol. The molecule has 0 aliphatic rings. The number of sulfonamides is 1. The van der Waals surface area contributed by atoms with Gasteiger partial charge in [0.15, 0.2) is 0 Å². The zero-order valence-corrected chi connectivity index (χ0v) is 14.0. The maximum Gasteiger partial charge on any atom is 0.264 e. The number of benzene rings is 2. The molecule has 0 spiro atoms. The number of amides is 1. The van der Waals surface area contributed by atoms with Crippen molar-refractivity contribution in [1.82, 2.24) is 14.9 Å². The predicted molar refractivity (Wildman–Crippen MR) is 91.4 cm³/mol. The highest BCUT2D eigenvalue weighted by molar-refractivity contribution is 7.92. The number of hydrogen-bond acceptors (Lipinski definition) is 4. The van der Waals surface area contributed by atoms with Crippen LogP contribution in [0.25, 0.3) is 11.0 Å². The third-order valence-corrected chi connectivity index (χ3v) is 4.79. The summed E-state index contributed by atoms with van der Waals surface area (Å²) in [5, 5.41) is 0. The number of fused-ring (bicyclic) bond motifs is 1. The van der Waals surface area contributed by atoms with Crippen LogP contribution in [-0.4, -0.2) is 43.3 Å². The summed E-state index contributed by atoms with van der Waals surface area (Å²) in [5.41, 5.74) is 1.83. The number of rotatable bonds is 4. The van der Waals surface area contributed by atoms with Crippen molar-refractivity contribution in [1.29, 1.82) is 0 Å². The van der Waals surface area contributed by atoms with E-state index in [1.807, 2.05) is 18.2 Å². The molecule has 0 radical (unpaired) electrons. The molecule has 3 rings (SSSR count). The number of hydrogen-bond donors (Lipinski definition) is 2. The highest BCUT2D eigenvalue weighted by atomic mass is 32.2. The molecule has 1 aromatic heterocycles. The van der Waals surface area contributed by atoms with Crippen LogP contribution in [-0.2, 0) is 10.0 Å². The van der Waals surface area contributed by atoms with Crippen LogP contribution < -0.4 is 4.72 Å². The van der Waals surface area contributed by atoms with Crippen molar-refractivity contribution in [2.75, 3.05) is 18.8 Å². The van der Waals surface area contributed by atoms with Crippen LogP contribution >= 0.6 is 0 Å². The molecule has 0 saturated heterocycles. The average Bonchev–Trinajstić information content (AvgIpc) is 2.95. The number of nitrogens with zero attached hydrogens (tertiary/aromatic N) is 2. The van der Waals surface area contributed by atoms with Gasteiger partial charge in [0, 0.05) is 19.7 Å². The number of anilines is 1. The summed E-state index contributed by atoms with van der Waals surface area (Å²) < 4.78 is 27.3. The van der Waals surface area contributed by atoms with Gasteiger partial charge >= 0.3 is 0 Å². The zero-order valence-electron chi connectivity index (χ0n) is 13.1. The van der Waals surface area contributed by atoms with Crippen LogP contribution in [0.1, 0.15) is 10.4 Å². The van der Waals surface area contributed by atoms with E-state index in [-0.39, 0.29) is 16.8 Å². The Hall–Kier alpha value is -2.87. The standard InChI is InChI=1S/C16H16N4O3S/c1-20(2)15(21)11-7-9-12(10-8-11)24(22,23)19-16-17-13-5-3-4-6-14(13)18-16/h3-10H,1-2H3,(H2,17,18,19). The van der Waals surface area contributed by atoms with Crippen LogP contribution in [0.2, 0.25) is 0 Å².